The Kier molecular flexibility index (Phi) is 14.0. The number of rotatable bonds is 14. The standard InChI is InChI=1S/C26H32N2O6/c1-5-8-10-12-14-23(29)32-19-22-21(18-33-26(31)27-16-7-3)17-28-20(4)25(22)34-24(30)15-13-11-9-6-2/h1,3,6,9,17H,8,10-16,18-19H2,2,4H3,(H,27,31)/b9-6-. The van der Waals surface area contributed by atoms with Crippen LogP contribution in [0.4, 0.5) is 4.79 Å². The molecule has 1 amide bonds. The molecule has 0 bridgehead atoms. The van der Waals surface area contributed by atoms with Gasteiger partial charge in [0, 0.05) is 36.6 Å². The number of unbranched alkanes of at least 4 members (excludes halogenated alkanes) is 3. The van der Waals surface area contributed by atoms with Crippen LogP contribution in [0, 0.1) is 31.6 Å². The Morgan fingerprint density at radius 1 is 1.06 bits per heavy atom. The van der Waals surface area contributed by atoms with Crippen LogP contribution in [0.3, 0.4) is 0 Å². The molecular formula is C26H32N2O6. The van der Waals surface area contributed by atoms with Crippen molar-refractivity contribution in [3.63, 3.8) is 0 Å². The number of esters is 2. The summed E-state index contributed by atoms with van der Waals surface area (Å²) in [7, 11) is 0. The van der Waals surface area contributed by atoms with Crippen molar-refractivity contribution in [2.24, 2.45) is 0 Å². The number of allylic oxidation sites excluding steroid dienone is 2. The first-order valence-electron chi connectivity index (χ1n) is 11.1. The summed E-state index contributed by atoms with van der Waals surface area (Å²) < 4.78 is 16.2. The van der Waals surface area contributed by atoms with E-state index in [4.69, 9.17) is 27.1 Å². The fourth-order valence-electron chi connectivity index (χ4n) is 2.83. The van der Waals surface area contributed by atoms with Gasteiger partial charge >= 0.3 is 18.0 Å². The predicted molar refractivity (Wildman–Crippen MR) is 127 cm³/mol. The second-order valence-electron chi connectivity index (χ2n) is 7.32. The Hall–Kier alpha value is -3.78. The van der Waals surface area contributed by atoms with E-state index in [0.717, 1.165) is 12.8 Å². The van der Waals surface area contributed by atoms with E-state index in [-0.39, 0.29) is 38.3 Å². The predicted octanol–water partition coefficient (Wildman–Crippen LogP) is 4.14. The van der Waals surface area contributed by atoms with E-state index in [9.17, 15) is 14.4 Å². The van der Waals surface area contributed by atoms with Gasteiger partial charge in [-0.15, -0.1) is 18.8 Å². The van der Waals surface area contributed by atoms with Crippen LogP contribution in [0.5, 0.6) is 5.75 Å². The number of amides is 1. The maximum absolute atomic E-state index is 12.4. The zero-order chi connectivity index (χ0) is 25.2. The highest BCUT2D eigenvalue weighted by Crippen LogP contribution is 2.28. The summed E-state index contributed by atoms with van der Waals surface area (Å²) >= 11 is 0. The molecule has 0 aromatic carbocycles. The fraction of sp³-hybridized carbons (Fsp3) is 0.462. The number of hydrogen-bond acceptors (Lipinski definition) is 7. The molecule has 1 N–H and O–H groups in total. The zero-order valence-corrected chi connectivity index (χ0v) is 19.9. The number of pyridine rings is 1. The number of hydrogen-bond donors (Lipinski definition) is 1. The van der Waals surface area contributed by atoms with Gasteiger partial charge in [-0.25, -0.2) is 4.79 Å². The van der Waals surface area contributed by atoms with Crippen LogP contribution in [0.25, 0.3) is 0 Å². The molecule has 8 nitrogen and oxygen atoms in total. The molecule has 0 spiro atoms. The molecule has 1 aromatic heterocycles. The molecule has 0 aliphatic carbocycles. The van der Waals surface area contributed by atoms with Crippen LogP contribution < -0.4 is 10.1 Å². The number of ether oxygens (including phenoxy) is 3. The molecule has 182 valence electrons. The van der Waals surface area contributed by atoms with E-state index in [1.807, 2.05) is 19.1 Å². The number of aryl methyl sites for hydroxylation is 1. The minimum Gasteiger partial charge on any atom is -0.461 e. The highest BCUT2D eigenvalue weighted by molar-refractivity contribution is 5.73. The van der Waals surface area contributed by atoms with Gasteiger partial charge in [-0.05, 0) is 39.5 Å². The molecule has 1 rings (SSSR count). The van der Waals surface area contributed by atoms with Gasteiger partial charge < -0.3 is 19.5 Å². The van der Waals surface area contributed by atoms with Gasteiger partial charge in [-0.3, -0.25) is 14.6 Å². The molecule has 34 heavy (non-hydrogen) atoms. The molecule has 0 fully saturated rings. The Morgan fingerprint density at radius 2 is 1.82 bits per heavy atom. The molecule has 0 aliphatic rings. The lowest BCUT2D eigenvalue weighted by atomic mass is 10.1. The molecule has 0 radical (unpaired) electrons. The first kappa shape index (κ1) is 28.3. The summed E-state index contributed by atoms with van der Waals surface area (Å²) in [5.41, 5.74) is 1.30. The van der Waals surface area contributed by atoms with Gasteiger partial charge in [0.1, 0.15) is 13.2 Å². The summed E-state index contributed by atoms with van der Waals surface area (Å²) in [5, 5.41) is 2.39. The van der Waals surface area contributed by atoms with Crippen molar-refractivity contribution in [3.05, 3.63) is 35.2 Å². The largest absolute Gasteiger partial charge is 0.461 e. The third-order valence-electron chi connectivity index (χ3n) is 4.63. The van der Waals surface area contributed by atoms with Crippen LogP contribution in [-0.4, -0.2) is 29.6 Å². The zero-order valence-electron chi connectivity index (χ0n) is 19.9. The molecule has 0 atom stereocenters. The molecule has 1 aromatic rings. The van der Waals surface area contributed by atoms with E-state index in [2.05, 4.69) is 22.1 Å². The van der Waals surface area contributed by atoms with Gasteiger partial charge in [0.15, 0.2) is 5.75 Å². The Morgan fingerprint density at radius 3 is 2.53 bits per heavy atom. The summed E-state index contributed by atoms with van der Waals surface area (Å²) in [6.07, 6.45) is 18.8. The number of terminal acetylenes is 2. The number of nitrogens with one attached hydrogen (secondary N) is 1. The van der Waals surface area contributed by atoms with E-state index in [1.54, 1.807) is 6.92 Å². The van der Waals surface area contributed by atoms with Crippen molar-refractivity contribution in [2.45, 2.75) is 72.0 Å². The van der Waals surface area contributed by atoms with Gasteiger partial charge in [0.2, 0.25) is 0 Å². The third-order valence-corrected chi connectivity index (χ3v) is 4.63. The van der Waals surface area contributed by atoms with Crippen LogP contribution in [0.15, 0.2) is 18.3 Å². The van der Waals surface area contributed by atoms with E-state index >= 15 is 0 Å². The lowest BCUT2D eigenvalue weighted by Gasteiger charge is -2.17. The topological polar surface area (TPSA) is 104 Å². The van der Waals surface area contributed by atoms with Crippen LogP contribution in [0.1, 0.15) is 68.7 Å². The Bertz CT molecular complexity index is 940. The SMILES string of the molecule is C#CCCCCC(=O)OCc1c(COC(=O)NCC#C)cnc(C)c1OC(=O)CCC/C=C\C. The quantitative estimate of drug-likeness (QED) is 0.189. The van der Waals surface area contributed by atoms with E-state index in [1.165, 1.54) is 6.20 Å². The number of aromatic nitrogens is 1. The fourth-order valence-corrected chi connectivity index (χ4v) is 2.83. The molecule has 0 saturated heterocycles. The van der Waals surface area contributed by atoms with Crippen molar-refractivity contribution >= 4 is 18.0 Å². The third kappa shape index (κ3) is 11.2. The summed E-state index contributed by atoms with van der Waals surface area (Å²) in [6, 6.07) is 0. The van der Waals surface area contributed by atoms with E-state index < -0.39 is 18.0 Å². The average molecular weight is 469 g/mol. The van der Waals surface area contributed by atoms with Crippen LogP contribution in [-0.2, 0) is 32.3 Å². The van der Waals surface area contributed by atoms with Crippen LogP contribution >= 0.6 is 0 Å². The molecular weight excluding hydrogens is 436 g/mol. The number of carbonyl (C=O) groups is 3. The van der Waals surface area contributed by atoms with Gasteiger partial charge in [0.05, 0.1) is 12.2 Å². The Balaban J connectivity index is 2.98. The normalized spacial score (nSPS) is 10.2. The van der Waals surface area contributed by atoms with E-state index in [0.29, 0.717) is 36.1 Å². The molecule has 1 heterocycles. The number of carbonyl (C=O) groups excluding carboxylic acids is 3. The van der Waals surface area contributed by atoms with Crippen molar-refractivity contribution in [3.8, 4) is 30.4 Å². The Labute approximate surface area is 201 Å². The second kappa shape index (κ2) is 16.8. The molecule has 8 heteroatoms. The van der Waals surface area contributed by atoms with Crippen LogP contribution in [0.2, 0.25) is 0 Å². The number of alkyl carbamates (subject to hydrolysis) is 1. The summed E-state index contributed by atoms with van der Waals surface area (Å²) in [4.78, 5) is 40.6. The summed E-state index contributed by atoms with van der Waals surface area (Å²) in [5.74, 6) is 4.16. The first-order chi connectivity index (χ1) is 16.4. The lowest BCUT2D eigenvalue weighted by molar-refractivity contribution is -0.145. The maximum atomic E-state index is 12.4. The average Bonchev–Trinajstić information content (AvgIpc) is 2.82. The molecule has 0 saturated carbocycles. The van der Waals surface area contributed by atoms with Crippen molar-refractivity contribution < 1.29 is 28.6 Å². The summed E-state index contributed by atoms with van der Waals surface area (Å²) in [6.45, 7) is 3.27. The molecule has 0 aliphatic heterocycles. The van der Waals surface area contributed by atoms with Crippen molar-refractivity contribution in [2.75, 3.05) is 6.54 Å². The minimum atomic E-state index is -0.711. The van der Waals surface area contributed by atoms with Crippen molar-refractivity contribution in [1.82, 2.24) is 10.3 Å². The van der Waals surface area contributed by atoms with Crippen molar-refractivity contribution in [1.29, 1.82) is 0 Å². The number of nitrogens with zero attached hydrogens (tertiary/aromatic N) is 1. The monoisotopic (exact) mass is 468 g/mol. The first-order valence-corrected chi connectivity index (χ1v) is 11.1. The van der Waals surface area contributed by atoms with Gasteiger partial charge in [-0.2, -0.15) is 0 Å². The van der Waals surface area contributed by atoms with Gasteiger partial charge in [0.25, 0.3) is 0 Å². The smallest absolute Gasteiger partial charge is 0.408 e. The minimum absolute atomic E-state index is 0.0191. The second-order valence-corrected chi connectivity index (χ2v) is 7.32. The molecule has 0 unspecified atom stereocenters. The van der Waals surface area contributed by atoms with Gasteiger partial charge in [-0.1, -0.05) is 18.1 Å². The highest BCUT2D eigenvalue weighted by Gasteiger charge is 2.20. The lowest BCUT2D eigenvalue weighted by Crippen LogP contribution is -2.24. The maximum Gasteiger partial charge on any atom is 0.408 e. The highest BCUT2D eigenvalue weighted by atomic mass is 16.6.